The molecule has 0 radical (unpaired) electrons. The van der Waals surface area contributed by atoms with E-state index in [9.17, 15) is 4.79 Å². The second-order valence-electron chi connectivity index (χ2n) is 5.40. The minimum Gasteiger partial charge on any atom is -0.338 e. The van der Waals surface area contributed by atoms with E-state index in [1.54, 1.807) is 16.2 Å². The van der Waals surface area contributed by atoms with Gasteiger partial charge in [0.05, 0.1) is 10.2 Å². The molecule has 0 unspecified atom stereocenters. The van der Waals surface area contributed by atoms with Crippen molar-refractivity contribution in [2.24, 2.45) is 0 Å². The van der Waals surface area contributed by atoms with Crippen LogP contribution in [0.15, 0.2) is 48.5 Å². The topological polar surface area (TPSA) is 57.3 Å². The van der Waals surface area contributed by atoms with Crippen LogP contribution in [0.4, 0.5) is 21.3 Å². The monoisotopic (exact) mass is 324 g/mol. The van der Waals surface area contributed by atoms with Gasteiger partial charge < -0.3 is 10.6 Å². The number of fused-ring (bicyclic) bond motifs is 1. The quantitative estimate of drug-likeness (QED) is 0.767. The van der Waals surface area contributed by atoms with Gasteiger partial charge in [0.1, 0.15) is 0 Å². The summed E-state index contributed by atoms with van der Waals surface area (Å²) in [6, 6.07) is 15.9. The second-order valence-corrected chi connectivity index (χ2v) is 6.43. The van der Waals surface area contributed by atoms with E-state index in [0.29, 0.717) is 0 Å². The first-order chi connectivity index (χ1) is 11.3. The van der Waals surface area contributed by atoms with Gasteiger partial charge in [0.2, 0.25) is 0 Å². The summed E-state index contributed by atoms with van der Waals surface area (Å²) in [6.45, 7) is 1.50. The first-order valence-corrected chi connectivity index (χ1v) is 8.39. The largest absolute Gasteiger partial charge is 0.338 e. The smallest absolute Gasteiger partial charge is 0.321 e. The summed E-state index contributed by atoms with van der Waals surface area (Å²) in [6.07, 6.45) is 0.960. The number of hydrogen-bond acceptors (Lipinski definition) is 4. The molecule has 2 amide bonds. The molecule has 0 aliphatic carbocycles. The van der Waals surface area contributed by atoms with E-state index in [2.05, 4.69) is 21.7 Å². The Bertz CT molecular complexity index is 827. The van der Waals surface area contributed by atoms with E-state index >= 15 is 0 Å². The Hall–Kier alpha value is -2.60. The van der Waals surface area contributed by atoms with Gasteiger partial charge >= 0.3 is 6.03 Å². The first kappa shape index (κ1) is 14.0. The highest BCUT2D eigenvalue weighted by Gasteiger charge is 2.19. The van der Waals surface area contributed by atoms with Crippen LogP contribution in [0.2, 0.25) is 0 Å². The molecule has 116 valence electrons. The summed E-state index contributed by atoms with van der Waals surface area (Å²) < 4.78 is 1.15. The number of nitrogens with one attached hydrogen (secondary N) is 2. The molecule has 1 aliphatic heterocycles. The van der Waals surface area contributed by atoms with Gasteiger partial charge in [0.25, 0.3) is 0 Å². The molecule has 23 heavy (non-hydrogen) atoms. The van der Waals surface area contributed by atoms with Gasteiger partial charge in [-0.05, 0) is 36.8 Å². The number of anilines is 3. The van der Waals surface area contributed by atoms with E-state index in [0.717, 1.165) is 46.2 Å². The van der Waals surface area contributed by atoms with Crippen LogP contribution in [0.5, 0.6) is 0 Å². The summed E-state index contributed by atoms with van der Waals surface area (Å²) in [7, 11) is 0. The molecule has 6 heteroatoms. The van der Waals surface area contributed by atoms with Crippen LogP contribution in [0.25, 0.3) is 10.2 Å². The fourth-order valence-electron chi connectivity index (χ4n) is 2.68. The fourth-order valence-corrected chi connectivity index (χ4v) is 3.56. The Morgan fingerprint density at radius 1 is 1.17 bits per heavy atom. The molecule has 0 atom stereocenters. The van der Waals surface area contributed by atoms with Gasteiger partial charge in [-0.3, -0.25) is 4.90 Å². The number of benzene rings is 2. The van der Waals surface area contributed by atoms with Crippen molar-refractivity contribution < 1.29 is 4.79 Å². The molecular formula is C17H16N4OS. The number of rotatable bonds is 3. The Labute approximate surface area is 138 Å². The number of hydrogen-bond donors (Lipinski definition) is 2. The summed E-state index contributed by atoms with van der Waals surface area (Å²) in [5, 5.41) is 7.06. The minimum absolute atomic E-state index is 0.0339. The molecule has 1 saturated heterocycles. The van der Waals surface area contributed by atoms with E-state index in [1.165, 1.54) is 0 Å². The van der Waals surface area contributed by atoms with Crippen LogP contribution < -0.4 is 15.5 Å². The number of para-hydroxylation sites is 1. The zero-order valence-electron chi connectivity index (χ0n) is 12.5. The lowest BCUT2D eigenvalue weighted by Crippen LogP contribution is -2.46. The van der Waals surface area contributed by atoms with Crippen LogP contribution >= 0.6 is 11.3 Å². The number of amides is 2. The predicted octanol–water partition coefficient (Wildman–Crippen LogP) is 3.96. The molecule has 1 fully saturated rings. The Morgan fingerprint density at radius 2 is 2.09 bits per heavy atom. The highest BCUT2D eigenvalue weighted by Crippen LogP contribution is 2.29. The number of aromatic nitrogens is 1. The Balaban J connectivity index is 1.59. The molecule has 0 saturated carbocycles. The Kier molecular flexibility index (Phi) is 3.59. The Morgan fingerprint density at radius 3 is 2.96 bits per heavy atom. The molecular weight excluding hydrogens is 308 g/mol. The zero-order chi connectivity index (χ0) is 15.6. The van der Waals surface area contributed by atoms with E-state index in [1.807, 2.05) is 42.5 Å². The molecule has 5 nitrogen and oxygen atoms in total. The van der Waals surface area contributed by atoms with Crippen LogP contribution in [0.3, 0.4) is 0 Å². The molecule has 0 bridgehead atoms. The van der Waals surface area contributed by atoms with Gasteiger partial charge in [0, 0.05) is 24.5 Å². The molecule has 2 aromatic carbocycles. The van der Waals surface area contributed by atoms with Gasteiger partial charge in [-0.15, -0.1) is 0 Å². The fraction of sp³-hybridized carbons (Fsp3) is 0.176. The number of thiazole rings is 1. The van der Waals surface area contributed by atoms with Crippen molar-refractivity contribution in [1.29, 1.82) is 0 Å². The summed E-state index contributed by atoms with van der Waals surface area (Å²) >= 11 is 1.62. The predicted molar refractivity (Wildman–Crippen MR) is 94.7 cm³/mol. The van der Waals surface area contributed by atoms with Crippen LogP contribution in [-0.2, 0) is 0 Å². The van der Waals surface area contributed by atoms with E-state index in [4.69, 9.17) is 0 Å². The maximum absolute atomic E-state index is 12.0. The normalized spacial score (nSPS) is 14.8. The van der Waals surface area contributed by atoms with E-state index in [-0.39, 0.29) is 6.03 Å². The second kappa shape index (κ2) is 5.89. The lowest BCUT2D eigenvalue weighted by atomic mass is 10.2. The number of carbonyl (C=O) groups is 1. The first-order valence-electron chi connectivity index (χ1n) is 7.58. The third-order valence-corrected chi connectivity index (χ3v) is 4.73. The highest BCUT2D eigenvalue weighted by atomic mass is 32.1. The molecule has 3 aromatic rings. The average Bonchev–Trinajstić information content (AvgIpc) is 2.97. The van der Waals surface area contributed by atoms with Gasteiger partial charge in [-0.25, -0.2) is 9.78 Å². The maximum Gasteiger partial charge on any atom is 0.321 e. The number of urea groups is 1. The van der Waals surface area contributed by atoms with Gasteiger partial charge in [-0.1, -0.05) is 29.5 Å². The lowest BCUT2D eigenvalue weighted by molar-refractivity contribution is 0.243. The molecule has 2 N–H and O–H groups in total. The third-order valence-electron chi connectivity index (χ3n) is 3.78. The van der Waals surface area contributed by atoms with Crippen LogP contribution in [0.1, 0.15) is 6.42 Å². The third kappa shape index (κ3) is 2.85. The van der Waals surface area contributed by atoms with Crippen molar-refractivity contribution in [1.82, 2.24) is 10.3 Å². The molecule has 1 aromatic heterocycles. The van der Waals surface area contributed by atoms with Crippen molar-refractivity contribution in [2.45, 2.75) is 6.42 Å². The van der Waals surface area contributed by atoms with Crippen molar-refractivity contribution in [2.75, 3.05) is 23.3 Å². The van der Waals surface area contributed by atoms with Gasteiger partial charge in [-0.2, -0.15) is 0 Å². The minimum atomic E-state index is -0.0339. The zero-order valence-corrected chi connectivity index (χ0v) is 13.3. The number of nitrogens with zero attached hydrogens (tertiary/aromatic N) is 2. The highest BCUT2D eigenvalue weighted by molar-refractivity contribution is 7.22. The summed E-state index contributed by atoms with van der Waals surface area (Å²) in [5.74, 6) is 0. The molecule has 2 heterocycles. The summed E-state index contributed by atoms with van der Waals surface area (Å²) in [5.41, 5.74) is 2.82. The van der Waals surface area contributed by atoms with Crippen LogP contribution in [-0.4, -0.2) is 24.1 Å². The van der Waals surface area contributed by atoms with Crippen molar-refractivity contribution in [3.05, 3.63) is 48.5 Å². The lowest BCUT2D eigenvalue weighted by Gasteiger charge is -2.27. The van der Waals surface area contributed by atoms with Crippen molar-refractivity contribution in [3.63, 3.8) is 0 Å². The van der Waals surface area contributed by atoms with Gasteiger partial charge in [0.15, 0.2) is 5.13 Å². The maximum atomic E-state index is 12.0. The van der Waals surface area contributed by atoms with Crippen molar-refractivity contribution in [3.8, 4) is 0 Å². The molecule has 1 aliphatic rings. The van der Waals surface area contributed by atoms with Crippen molar-refractivity contribution >= 4 is 44.1 Å². The molecule has 0 spiro atoms. The average molecular weight is 324 g/mol. The SMILES string of the molecule is O=C1NCCCN1c1cccc(Nc2nc3ccccc3s2)c1. The number of carbonyl (C=O) groups excluding carboxylic acids is 1. The van der Waals surface area contributed by atoms with E-state index < -0.39 is 0 Å². The van der Waals surface area contributed by atoms with Crippen LogP contribution in [0, 0.1) is 0 Å². The summed E-state index contributed by atoms with van der Waals surface area (Å²) in [4.78, 5) is 18.3. The standard InChI is InChI=1S/C17H16N4OS/c22-17-18-9-4-10-21(17)13-6-3-5-12(11-13)19-16-20-14-7-1-2-8-15(14)23-16/h1-3,5-8,11H,4,9-10H2,(H,18,22)(H,19,20). The molecule has 4 rings (SSSR count).